The summed E-state index contributed by atoms with van der Waals surface area (Å²) in [6.07, 6.45) is 0. The van der Waals surface area contributed by atoms with Crippen LogP contribution in [0.1, 0.15) is 38.3 Å². The molecule has 4 rings (SSSR count). The van der Waals surface area contributed by atoms with Crippen LogP contribution in [-0.2, 0) is 13.1 Å². The van der Waals surface area contributed by atoms with Crippen molar-refractivity contribution in [3.63, 3.8) is 0 Å². The molecule has 0 aliphatic heterocycles. The van der Waals surface area contributed by atoms with Crippen molar-refractivity contribution in [2.45, 2.75) is 33.9 Å². The number of aromatic nitrogens is 2. The van der Waals surface area contributed by atoms with E-state index in [9.17, 15) is 9.59 Å². The molecule has 0 atom stereocenters. The van der Waals surface area contributed by atoms with E-state index in [1.807, 2.05) is 50.2 Å². The number of amides is 1. The number of rotatable bonds is 5. The van der Waals surface area contributed by atoms with Crippen LogP contribution < -0.4 is 10.9 Å². The Morgan fingerprint density at radius 3 is 2.25 bits per heavy atom. The molecule has 0 aliphatic rings. The highest BCUT2D eigenvalue weighted by molar-refractivity contribution is 6.30. The van der Waals surface area contributed by atoms with Crippen molar-refractivity contribution < 1.29 is 4.79 Å². The Hall–Kier alpha value is -3.44. The number of fused-ring (bicyclic) bond motifs is 1. The van der Waals surface area contributed by atoms with Crippen LogP contribution >= 0.6 is 11.6 Å². The summed E-state index contributed by atoms with van der Waals surface area (Å²) in [6, 6.07) is 18.7. The maximum absolute atomic E-state index is 12.8. The second kappa shape index (κ2) is 8.97. The Morgan fingerprint density at radius 1 is 0.938 bits per heavy atom. The highest BCUT2D eigenvalue weighted by Crippen LogP contribution is 2.18. The molecule has 4 aromatic rings. The molecule has 0 saturated carbocycles. The largest absolute Gasteiger partial charge is 0.348 e. The van der Waals surface area contributed by atoms with Gasteiger partial charge in [-0.1, -0.05) is 35.9 Å². The van der Waals surface area contributed by atoms with E-state index in [4.69, 9.17) is 11.6 Å². The number of hydrogen-bond acceptors (Lipinski definition) is 3. The van der Waals surface area contributed by atoms with E-state index in [-0.39, 0.29) is 11.5 Å². The smallest absolute Gasteiger partial charge is 0.272 e. The molecular weight excluding hydrogens is 422 g/mol. The van der Waals surface area contributed by atoms with Gasteiger partial charge in [0.05, 0.1) is 17.6 Å². The number of hydrogen-bond donors (Lipinski definition) is 1. The van der Waals surface area contributed by atoms with Crippen LogP contribution in [0, 0.1) is 20.8 Å². The minimum absolute atomic E-state index is 0.106. The summed E-state index contributed by atoms with van der Waals surface area (Å²) < 4.78 is 1.75. The summed E-state index contributed by atoms with van der Waals surface area (Å²) in [6.45, 7) is 6.64. The van der Waals surface area contributed by atoms with E-state index in [2.05, 4.69) is 10.3 Å². The van der Waals surface area contributed by atoms with E-state index in [0.29, 0.717) is 29.4 Å². The van der Waals surface area contributed by atoms with Crippen LogP contribution in [0.25, 0.3) is 11.0 Å². The van der Waals surface area contributed by atoms with Crippen LogP contribution in [0.3, 0.4) is 0 Å². The maximum Gasteiger partial charge on any atom is 0.272 e. The highest BCUT2D eigenvalue weighted by atomic mass is 35.5. The van der Waals surface area contributed by atoms with Crippen molar-refractivity contribution in [1.82, 2.24) is 14.9 Å². The van der Waals surface area contributed by atoms with Gasteiger partial charge in [0.2, 0.25) is 0 Å². The molecule has 5 nitrogen and oxygen atoms in total. The molecule has 0 saturated heterocycles. The zero-order valence-corrected chi connectivity index (χ0v) is 19.0. The summed E-state index contributed by atoms with van der Waals surface area (Å²) in [4.78, 5) is 29.8. The molecule has 0 unspecified atom stereocenters. The lowest BCUT2D eigenvalue weighted by molar-refractivity contribution is 0.0951. The normalized spacial score (nSPS) is 11.0. The van der Waals surface area contributed by atoms with Crippen molar-refractivity contribution in [2.24, 2.45) is 0 Å². The summed E-state index contributed by atoms with van der Waals surface area (Å²) in [7, 11) is 0. The number of nitrogens with one attached hydrogen (secondary N) is 1. The first-order valence-electron chi connectivity index (χ1n) is 10.4. The molecule has 1 heterocycles. The van der Waals surface area contributed by atoms with E-state index >= 15 is 0 Å². The van der Waals surface area contributed by atoms with Gasteiger partial charge in [-0.2, -0.15) is 0 Å². The lowest BCUT2D eigenvalue weighted by Gasteiger charge is -2.13. The van der Waals surface area contributed by atoms with Crippen molar-refractivity contribution in [1.29, 1.82) is 0 Å². The molecule has 6 heteroatoms. The van der Waals surface area contributed by atoms with Crippen molar-refractivity contribution in [3.05, 3.63) is 110 Å². The van der Waals surface area contributed by atoms with E-state index in [0.717, 1.165) is 33.3 Å². The topological polar surface area (TPSA) is 64.0 Å². The zero-order chi connectivity index (χ0) is 22.8. The highest BCUT2D eigenvalue weighted by Gasteiger charge is 2.11. The minimum atomic E-state index is -0.153. The lowest BCUT2D eigenvalue weighted by atomic mass is 10.1. The van der Waals surface area contributed by atoms with Gasteiger partial charge in [0, 0.05) is 17.1 Å². The Bertz CT molecular complexity index is 1360. The Morgan fingerprint density at radius 2 is 1.56 bits per heavy atom. The molecule has 162 valence electrons. The second-order valence-electron chi connectivity index (χ2n) is 8.02. The first-order valence-corrected chi connectivity index (χ1v) is 10.8. The van der Waals surface area contributed by atoms with Crippen LogP contribution in [0.15, 0.2) is 65.5 Å². The summed E-state index contributed by atoms with van der Waals surface area (Å²) in [5.41, 5.74) is 6.72. The fourth-order valence-electron chi connectivity index (χ4n) is 3.61. The van der Waals surface area contributed by atoms with E-state index in [1.54, 1.807) is 35.8 Å². The van der Waals surface area contributed by atoms with Gasteiger partial charge in [0.25, 0.3) is 11.5 Å². The van der Waals surface area contributed by atoms with Gasteiger partial charge in [-0.05, 0) is 79.4 Å². The molecular formula is C26H24ClN3O2. The Kier molecular flexibility index (Phi) is 6.10. The lowest BCUT2D eigenvalue weighted by Crippen LogP contribution is -2.25. The zero-order valence-electron chi connectivity index (χ0n) is 18.3. The van der Waals surface area contributed by atoms with E-state index < -0.39 is 0 Å². The predicted octanol–water partition coefficient (Wildman–Crippen LogP) is 4.95. The predicted molar refractivity (Wildman–Crippen MR) is 128 cm³/mol. The third-order valence-corrected chi connectivity index (χ3v) is 5.90. The van der Waals surface area contributed by atoms with Gasteiger partial charge in [0.1, 0.15) is 5.69 Å². The molecule has 0 aliphatic carbocycles. The number of halogens is 1. The molecule has 0 fully saturated rings. The van der Waals surface area contributed by atoms with Gasteiger partial charge in [-0.15, -0.1) is 0 Å². The number of nitrogens with zero attached hydrogens (tertiary/aromatic N) is 2. The van der Waals surface area contributed by atoms with Crippen LogP contribution in [-0.4, -0.2) is 15.5 Å². The molecule has 3 aromatic carbocycles. The second-order valence-corrected chi connectivity index (χ2v) is 8.46. The fraction of sp³-hybridized carbons (Fsp3) is 0.192. The SMILES string of the molecule is Cc1cc2nc(C)c(=O)n(Cc3ccc(C(=O)NCc4ccc(Cl)cc4)cc3)c2cc1C. The third-order valence-electron chi connectivity index (χ3n) is 5.65. The van der Waals surface area contributed by atoms with Crippen molar-refractivity contribution in [3.8, 4) is 0 Å². The number of carbonyl (C=O) groups excluding carboxylic acids is 1. The third kappa shape index (κ3) is 4.58. The van der Waals surface area contributed by atoms with Gasteiger partial charge in [-0.25, -0.2) is 4.98 Å². The molecule has 1 amide bonds. The molecule has 0 bridgehead atoms. The van der Waals surface area contributed by atoms with Gasteiger partial charge in [0.15, 0.2) is 0 Å². The van der Waals surface area contributed by atoms with Gasteiger partial charge < -0.3 is 9.88 Å². The molecule has 1 aromatic heterocycles. The van der Waals surface area contributed by atoms with Crippen molar-refractivity contribution in [2.75, 3.05) is 0 Å². The monoisotopic (exact) mass is 445 g/mol. The molecule has 0 radical (unpaired) electrons. The number of carbonyl (C=O) groups is 1. The summed E-state index contributed by atoms with van der Waals surface area (Å²) >= 11 is 5.90. The molecule has 1 N–H and O–H groups in total. The average Bonchev–Trinajstić information content (AvgIpc) is 2.78. The quantitative estimate of drug-likeness (QED) is 0.472. The van der Waals surface area contributed by atoms with Crippen LogP contribution in [0.4, 0.5) is 0 Å². The fourth-order valence-corrected chi connectivity index (χ4v) is 3.74. The standard InChI is InChI=1S/C26H24ClN3O2/c1-16-12-23-24(13-17(16)2)30(26(32)18(3)29-23)15-20-4-8-21(9-5-20)25(31)28-14-19-6-10-22(27)11-7-19/h4-13H,14-15H2,1-3H3,(H,28,31). The Labute approximate surface area is 191 Å². The maximum atomic E-state index is 12.8. The first kappa shape index (κ1) is 21.8. The van der Waals surface area contributed by atoms with E-state index in [1.165, 1.54) is 0 Å². The molecule has 32 heavy (non-hydrogen) atoms. The molecule has 0 spiro atoms. The summed E-state index contributed by atoms with van der Waals surface area (Å²) in [5, 5.41) is 3.57. The Balaban J connectivity index is 1.54. The average molecular weight is 446 g/mol. The van der Waals surface area contributed by atoms with Crippen LogP contribution in [0.2, 0.25) is 5.02 Å². The summed E-state index contributed by atoms with van der Waals surface area (Å²) in [5.74, 6) is -0.153. The van der Waals surface area contributed by atoms with Gasteiger partial charge >= 0.3 is 0 Å². The van der Waals surface area contributed by atoms with Crippen molar-refractivity contribution >= 4 is 28.5 Å². The minimum Gasteiger partial charge on any atom is -0.348 e. The number of benzene rings is 3. The van der Waals surface area contributed by atoms with Crippen LogP contribution in [0.5, 0.6) is 0 Å². The van der Waals surface area contributed by atoms with Gasteiger partial charge in [-0.3, -0.25) is 9.59 Å². The first-order chi connectivity index (χ1) is 15.3. The number of aryl methyl sites for hydroxylation is 3.